The van der Waals surface area contributed by atoms with Gasteiger partial charge in [0.15, 0.2) is 18.4 Å². The summed E-state index contributed by atoms with van der Waals surface area (Å²) in [4.78, 5) is 40.1. The van der Waals surface area contributed by atoms with Crippen LogP contribution in [0.5, 0.6) is 0 Å². The molecule has 2 saturated heterocycles. The molecule has 16 heteroatoms. The first-order valence-electron chi connectivity index (χ1n) is 9.39. The minimum Gasteiger partial charge on any atom is -0.425 e. The lowest BCUT2D eigenvalue weighted by molar-refractivity contribution is -0.171. The van der Waals surface area contributed by atoms with E-state index in [2.05, 4.69) is 30.2 Å². The topological polar surface area (TPSA) is 127 Å². The molecular weight excluding hydrogens is 463 g/mol. The summed E-state index contributed by atoms with van der Waals surface area (Å²) in [5, 5.41) is 8.75. The summed E-state index contributed by atoms with van der Waals surface area (Å²) in [6, 6.07) is 0.654. The average Bonchev–Trinajstić information content (AvgIpc) is 3.29. The lowest BCUT2D eigenvalue weighted by atomic mass is 10.0. The number of ether oxygens (including phenoxy) is 2. The van der Waals surface area contributed by atoms with E-state index in [1.54, 1.807) is 0 Å². The zero-order chi connectivity index (χ0) is 24.0. The van der Waals surface area contributed by atoms with Crippen molar-refractivity contribution in [3.63, 3.8) is 0 Å². The van der Waals surface area contributed by atoms with Gasteiger partial charge in [-0.2, -0.15) is 18.3 Å². The molecule has 4 rings (SSSR count). The molecule has 2 aliphatic rings. The first-order chi connectivity index (χ1) is 15.4. The molecule has 2 N–H and O–H groups in total. The lowest BCUT2D eigenvalue weighted by Crippen LogP contribution is -2.51. The number of aromatic nitrogens is 3. The zero-order valence-corrected chi connectivity index (χ0v) is 16.4. The Bertz CT molecular complexity index is 1110. The molecule has 178 valence electrons. The fraction of sp³-hybridized carbons (Fsp3) is 0.471. The second kappa shape index (κ2) is 8.00. The molecule has 2 atom stereocenters. The van der Waals surface area contributed by atoms with Crippen LogP contribution in [0.1, 0.15) is 11.6 Å². The molecule has 3 amide bonds. The summed E-state index contributed by atoms with van der Waals surface area (Å²) >= 11 is 0. The van der Waals surface area contributed by atoms with Crippen molar-refractivity contribution in [2.45, 2.75) is 24.1 Å². The van der Waals surface area contributed by atoms with Gasteiger partial charge in [0.1, 0.15) is 0 Å². The Morgan fingerprint density at radius 1 is 1.30 bits per heavy atom. The third kappa shape index (κ3) is 4.73. The largest absolute Gasteiger partial charge is 0.509 e. The average molecular weight is 478 g/mol. The van der Waals surface area contributed by atoms with E-state index in [-0.39, 0.29) is 23.6 Å². The van der Waals surface area contributed by atoms with E-state index in [1.807, 2.05) is 0 Å². The number of rotatable bonds is 4. The van der Waals surface area contributed by atoms with E-state index in [0.717, 1.165) is 4.90 Å². The lowest BCUT2D eigenvalue weighted by Gasteiger charge is -2.24. The first-order valence-corrected chi connectivity index (χ1v) is 9.39. The molecule has 11 nitrogen and oxygen atoms in total. The molecule has 33 heavy (non-hydrogen) atoms. The van der Waals surface area contributed by atoms with E-state index in [1.165, 1.54) is 23.0 Å². The van der Waals surface area contributed by atoms with Crippen molar-refractivity contribution in [3.8, 4) is 0 Å². The second-order valence-corrected chi connectivity index (χ2v) is 7.30. The molecule has 2 aromatic heterocycles. The number of carbonyl (C=O) groups is 3. The Labute approximate surface area is 180 Å². The van der Waals surface area contributed by atoms with E-state index in [9.17, 15) is 36.3 Å². The number of nitrogens with zero attached hydrogens (tertiary/aromatic N) is 4. The van der Waals surface area contributed by atoms with Gasteiger partial charge in [0.05, 0.1) is 30.4 Å². The summed E-state index contributed by atoms with van der Waals surface area (Å²) in [6.45, 7) is -3.60. The van der Waals surface area contributed by atoms with Crippen LogP contribution in [0.3, 0.4) is 0 Å². The SMILES string of the molecule is O=C1NCC(c2cc(N3C[C@H](OC(=O)OCC(F)(F)F)C(F)(F)C3)c3nccn3n2)C(=O)N1. The highest BCUT2D eigenvalue weighted by Crippen LogP contribution is 2.36. The van der Waals surface area contributed by atoms with Crippen molar-refractivity contribution in [2.24, 2.45) is 0 Å². The Morgan fingerprint density at radius 3 is 2.76 bits per heavy atom. The molecular formula is C17H15F5N6O5. The number of halogens is 5. The Morgan fingerprint density at radius 2 is 2.06 bits per heavy atom. The number of hydrogen-bond donors (Lipinski definition) is 2. The van der Waals surface area contributed by atoms with E-state index in [4.69, 9.17) is 0 Å². The number of alkyl halides is 5. The fourth-order valence-corrected chi connectivity index (χ4v) is 3.44. The van der Waals surface area contributed by atoms with Gasteiger partial charge in [0.2, 0.25) is 5.91 Å². The summed E-state index contributed by atoms with van der Waals surface area (Å²) < 4.78 is 75.1. The standard InChI is InChI=1S/C17H15F5N6O5/c18-16(19)6-27(5-11(16)33-15(31)32-7-17(20,21)22)10-3-9(26-28-2-1-23-12(10)28)8-4-24-14(30)25-13(8)29/h1-3,8,11H,4-7H2,(H2,24,25,29,30)/t8?,11-/m0/s1. The number of hydrogen-bond acceptors (Lipinski definition) is 8. The van der Waals surface area contributed by atoms with Crippen LogP contribution < -0.4 is 15.5 Å². The highest BCUT2D eigenvalue weighted by atomic mass is 19.4. The minimum atomic E-state index is -4.84. The smallest absolute Gasteiger partial charge is 0.425 e. The maximum Gasteiger partial charge on any atom is 0.509 e. The van der Waals surface area contributed by atoms with Gasteiger partial charge in [-0.3, -0.25) is 10.1 Å². The highest BCUT2D eigenvalue weighted by molar-refractivity contribution is 6.00. The van der Waals surface area contributed by atoms with Gasteiger partial charge in [-0.1, -0.05) is 0 Å². The van der Waals surface area contributed by atoms with Gasteiger partial charge < -0.3 is 19.7 Å². The molecule has 0 aromatic carbocycles. The number of imidazole rings is 1. The van der Waals surface area contributed by atoms with Gasteiger partial charge in [-0.05, 0) is 6.07 Å². The second-order valence-electron chi connectivity index (χ2n) is 7.30. The van der Waals surface area contributed by atoms with Gasteiger partial charge in [-0.25, -0.2) is 27.9 Å². The third-order valence-corrected chi connectivity index (χ3v) is 4.93. The molecule has 0 radical (unpaired) electrons. The van der Waals surface area contributed by atoms with Crippen LogP contribution in [-0.4, -0.2) is 77.1 Å². The van der Waals surface area contributed by atoms with Crippen molar-refractivity contribution < 1.29 is 45.8 Å². The quantitative estimate of drug-likeness (QED) is 0.496. The molecule has 2 aliphatic heterocycles. The fourth-order valence-electron chi connectivity index (χ4n) is 3.44. The number of imide groups is 1. The van der Waals surface area contributed by atoms with Gasteiger partial charge in [0.25, 0.3) is 0 Å². The van der Waals surface area contributed by atoms with Gasteiger partial charge >= 0.3 is 24.3 Å². The predicted molar refractivity (Wildman–Crippen MR) is 96.7 cm³/mol. The molecule has 0 aliphatic carbocycles. The third-order valence-electron chi connectivity index (χ3n) is 4.93. The monoisotopic (exact) mass is 478 g/mol. The van der Waals surface area contributed by atoms with Crippen molar-refractivity contribution in [1.82, 2.24) is 25.2 Å². The van der Waals surface area contributed by atoms with Crippen LogP contribution in [0.4, 0.5) is 37.2 Å². The summed E-state index contributed by atoms with van der Waals surface area (Å²) in [7, 11) is 0. The number of carbonyl (C=O) groups excluding carboxylic acids is 3. The van der Waals surface area contributed by atoms with Crippen molar-refractivity contribution in [1.29, 1.82) is 0 Å². The number of anilines is 1. The first kappa shape index (κ1) is 22.5. The van der Waals surface area contributed by atoms with E-state index in [0.29, 0.717) is 0 Å². The van der Waals surface area contributed by atoms with Crippen LogP contribution >= 0.6 is 0 Å². The maximum atomic E-state index is 14.5. The molecule has 0 bridgehead atoms. The molecule has 1 unspecified atom stereocenters. The molecule has 2 aromatic rings. The Hall–Kier alpha value is -3.72. The number of nitrogens with one attached hydrogen (secondary N) is 2. The van der Waals surface area contributed by atoms with Crippen molar-refractivity contribution >= 4 is 29.4 Å². The maximum absolute atomic E-state index is 14.5. The highest BCUT2D eigenvalue weighted by Gasteiger charge is 2.52. The molecule has 0 saturated carbocycles. The number of urea groups is 1. The Kier molecular flexibility index (Phi) is 5.45. The summed E-state index contributed by atoms with van der Waals surface area (Å²) in [5.74, 6) is -5.18. The van der Waals surface area contributed by atoms with Crippen LogP contribution in [0.25, 0.3) is 5.65 Å². The van der Waals surface area contributed by atoms with Crippen LogP contribution in [0.15, 0.2) is 18.5 Å². The zero-order valence-electron chi connectivity index (χ0n) is 16.4. The van der Waals surface area contributed by atoms with E-state index >= 15 is 0 Å². The van der Waals surface area contributed by atoms with Crippen LogP contribution in [0.2, 0.25) is 0 Å². The predicted octanol–water partition coefficient (Wildman–Crippen LogP) is 1.19. The molecule has 4 heterocycles. The number of fused-ring (bicyclic) bond motifs is 1. The molecule has 2 fully saturated rings. The summed E-state index contributed by atoms with van der Waals surface area (Å²) in [5.41, 5.74) is 0.407. The normalized spacial score (nSPS) is 22.8. The van der Waals surface area contributed by atoms with Gasteiger partial charge in [-0.15, -0.1) is 0 Å². The number of amides is 3. The van der Waals surface area contributed by atoms with Crippen LogP contribution in [0, 0.1) is 0 Å². The molecule has 0 spiro atoms. The van der Waals surface area contributed by atoms with E-state index < -0.39 is 61.9 Å². The Balaban J connectivity index is 1.57. The minimum absolute atomic E-state index is 0.0791. The van der Waals surface area contributed by atoms with Gasteiger partial charge in [0, 0.05) is 18.9 Å². The van der Waals surface area contributed by atoms with Crippen molar-refractivity contribution in [2.75, 3.05) is 31.1 Å². The van der Waals surface area contributed by atoms with Crippen LogP contribution in [-0.2, 0) is 14.3 Å². The summed E-state index contributed by atoms with van der Waals surface area (Å²) in [6.07, 6.45) is -6.06. The van der Waals surface area contributed by atoms with Crippen molar-refractivity contribution in [3.05, 3.63) is 24.2 Å².